The Morgan fingerprint density at radius 3 is 2.73 bits per heavy atom. The molecule has 0 spiro atoms. The number of carbonyl (C=O) groups excluding carboxylic acids is 1. The molecule has 134 valence electrons. The van der Waals surface area contributed by atoms with E-state index in [1.54, 1.807) is 18.2 Å². The summed E-state index contributed by atoms with van der Waals surface area (Å²) in [5.74, 6) is 0.260. The van der Waals surface area contributed by atoms with Crippen LogP contribution in [0.4, 0.5) is 0 Å². The molecule has 26 heavy (non-hydrogen) atoms. The highest BCUT2D eigenvalue weighted by Crippen LogP contribution is 2.43. The van der Waals surface area contributed by atoms with Crippen molar-refractivity contribution in [2.24, 2.45) is 0 Å². The average Bonchev–Trinajstić information content (AvgIpc) is 2.59. The zero-order valence-corrected chi connectivity index (χ0v) is 16.3. The molecule has 0 unspecified atom stereocenters. The summed E-state index contributed by atoms with van der Waals surface area (Å²) in [6.07, 6.45) is 6.72. The predicted molar refractivity (Wildman–Crippen MR) is 106 cm³/mol. The number of carbonyl (C=O) groups is 1. The molecule has 0 radical (unpaired) electrons. The van der Waals surface area contributed by atoms with Crippen LogP contribution in [0.1, 0.15) is 35.3 Å². The third kappa shape index (κ3) is 3.53. The molecule has 4 nitrogen and oxygen atoms in total. The van der Waals surface area contributed by atoms with E-state index in [-0.39, 0.29) is 22.8 Å². The van der Waals surface area contributed by atoms with Crippen molar-refractivity contribution in [2.75, 3.05) is 7.11 Å². The Hall–Kier alpha value is -2.53. The third-order valence-electron chi connectivity index (χ3n) is 4.08. The van der Waals surface area contributed by atoms with E-state index in [0.717, 1.165) is 10.0 Å². The fraction of sp³-hybridized carbons (Fsp3) is 0.190. The number of methoxy groups -OCH3 is 1. The molecule has 3 rings (SSSR count). The minimum Gasteiger partial charge on any atom is -0.506 e. The molecule has 0 saturated heterocycles. The summed E-state index contributed by atoms with van der Waals surface area (Å²) in [6, 6.07) is 9.20. The number of allylic oxidation sites excluding steroid dienone is 1. The summed E-state index contributed by atoms with van der Waals surface area (Å²) in [5, 5.41) is 10.7. The predicted octanol–water partition coefficient (Wildman–Crippen LogP) is 5.24. The fourth-order valence-electron chi connectivity index (χ4n) is 2.74. The second-order valence-corrected chi connectivity index (χ2v) is 7.33. The van der Waals surface area contributed by atoms with E-state index in [1.807, 2.05) is 44.2 Å². The lowest BCUT2D eigenvalue weighted by atomic mass is 9.97. The van der Waals surface area contributed by atoms with Crippen LogP contribution >= 0.6 is 15.9 Å². The Labute approximate surface area is 160 Å². The van der Waals surface area contributed by atoms with Crippen molar-refractivity contribution in [3.63, 3.8) is 0 Å². The summed E-state index contributed by atoms with van der Waals surface area (Å²) >= 11 is 3.44. The maximum atomic E-state index is 12.7. The van der Waals surface area contributed by atoms with Crippen molar-refractivity contribution in [1.29, 1.82) is 0 Å². The van der Waals surface area contributed by atoms with Gasteiger partial charge in [0.05, 0.1) is 12.7 Å². The lowest BCUT2D eigenvalue weighted by molar-refractivity contribution is 0.104. The molecule has 5 heteroatoms. The van der Waals surface area contributed by atoms with Crippen LogP contribution in [0.15, 0.2) is 47.0 Å². The van der Waals surface area contributed by atoms with Crippen LogP contribution in [0.2, 0.25) is 0 Å². The lowest BCUT2D eigenvalue weighted by Crippen LogP contribution is -2.27. The van der Waals surface area contributed by atoms with Gasteiger partial charge in [-0.25, -0.2) is 0 Å². The zero-order chi connectivity index (χ0) is 18.9. The SMILES string of the molecule is COc1cc2c(c(O)c1C(=O)/C=C/c1ccccc1Br)C=CC(C)(C)O2. The molecule has 0 aromatic heterocycles. The summed E-state index contributed by atoms with van der Waals surface area (Å²) in [5.41, 5.74) is 0.961. The highest BCUT2D eigenvalue weighted by molar-refractivity contribution is 9.10. The lowest BCUT2D eigenvalue weighted by Gasteiger charge is -2.29. The summed E-state index contributed by atoms with van der Waals surface area (Å²) in [7, 11) is 1.46. The van der Waals surface area contributed by atoms with E-state index < -0.39 is 5.60 Å². The number of ether oxygens (including phenoxy) is 2. The number of hydrogen-bond acceptors (Lipinski definition) is 4. The van der Waals surface area contributed by atoms with Crippen LogP contribution in [0.25, 0.3) is 12.2 Å². The molecule has 0 bridgehead atoms. The van der Waals surface area contributed by atoms with Gasteiger partial charge in [0.2, 0.25) is 0 Å². The summed E-state index contributed by atoms with van der Waals surface area (Å²) < 4.78 is 12.1. The fourth-order valence-corrected chi connectivity index (χ4v) is 3.16. The first-order valence-electron chi connectivity index (χ1n) is 8.11. The van der Waals surface area contributed by atoms with Gasteiger partial charge in [0, 0.05) is 10.5 Å². The number of halogens is 1. The van der Waals surface area contributed by atoms with E-state index >= 15 is 0 Å². The van der Waals surface area contributed by atoms with Crippen molar-refractivity contribution >= 4 is 33.9 Å². The van der Waals surface area contributed by atoms with E-state index in [4.69, 9.17) is 9.47 Å². The quantitative estimate of drug-likeness (QED) is 0.548. The van der Waals surface area contributed by atoms with E-state index in [0.29, 0.717) is 11.3 Å². The summed E-state index contributed by atoms with van der Waals surface area (Å²) in [6.45, 7) is 3.82. The van der Waals surface area contributed by atoms with Crippen LogP contribution in [0.5, 0.6) is 17.2 Å². The first kappa shape index (κ1) is 18.3. The monoisotopic (exact) mass is 414 g/mol. The summed E-state index contributed by atoms with van der Waals surface area (Å²) in [4.78, 5) is 12.7. The standard InChI is InChI=1S/C21H19BrO4/c1-21(2)11-10-14-17(26-21)12-18(25-3)19(20(14)24)16(23)9-8-13-6-4-5-7-15(13)22/h4-12,24H,1-3H3/b9-8+. The van der Waals surface area contributed by atoms with Crippen LogP contribution in [0.3, 0.4) is 0 Å². The number of phenols is 1. The molecular weight excluding hydrogens is 396 g/mol. The highest BCUT2D eigenvalue weighted by Gasteiger charge is 2.28. The number of hydrogen-bond donors (Lipinski definition) is 1. The van der Waals surface area contributed by atoms with Crippen molar-refractivity contribution in [2.45, 2.75) is 19.4 Å². The highest BCUT2D eigenvalue weighted by atomic mass is 79.9. The largest absolute Gasteiger partial charge is 0.506 e. The molecular formula is C21H19BrO4. The van der Waals surface area contributed by atoms with Gasteiger partial charge in [-0.3, -0.25) is 4.79 Å². The van der Waals surface area contributed by atoms with Gasteiger partial charge in [0.25, 0.3) is 0 Å². The molecule has 2 aromatic rings. The Balaban J connectivity index is 2.02. The molecule has 0 aliphatic carbocycles. The Morgan fingerprint density at radius 1 is 1.31 bits per heavy atom. The second kappa shape index (κ2) is 7.00. The minimum absolute atomic E-state index is 0.113. The van der Waals surface area contributed by atoms with Gasteiger partial charge in [-0.2, -0.15) is 0 Å². The van der Waals surface area contributed by atoms with Crippen molar-refractivity contribution in [3.8, 4) is 17.2 Å². The first-order chi connectivity index (χ1) is 12.3. The van der Waals surface area contributed by atoms with Crippen LogP contribution < -0.4 is 9.47 Å². The molecule has 0 fully saturated rings. The van der Waals surface area contributed by atoms with Crippen molar-refractivity contribution in [3.05, 3.63) is 63.6 Å². The molecule has 1 N–H and O–H groups in total. The van der Waals surface area contributed by atoms with Crippen LogP contribution in [0, 0.1) is 0 Å². The Bertz CT molecular complexity index is 926. The molecule has 0 saturated carbocycles. The number of aromatic hydroxyl groups is 1. The van der Waals surface area contributed by atoms with Crippen molar-refractivity contribution < 1.29 is 19.4 Å². The Morgan fingerprint density at radius 2 is 2.04 bits per heavy atom. The number of rotatable bonds is 4. The molecule has 0 amide bonds. The van der Waals surface area contributed by atoms with E-state index in [2.05, 4.69) is 15.9 Å². The smallest absolute Gasteiger partial charge is 0.193 e. The van der Waals surface area contributed by atoms with E-state index in [1.165, 1.54) is 13.2 Å². The second-order valence-electron chi connectivity index (χ2n) is 6.47. The molecule has 1 aliphatic heterocycles. The van der Waals surface area contributed by atoms with E-state index in [9.17, 15) is 9.90 Å². The van der Waals surface area contributed by atoms with Gasteiger partial charge in [-0.1, -0.05) is 34.1 Å². The molecule has 1 heterocycles. The van der Waals surface area contributed by atoms with Crippen molar-refractivity contribution in [1.82, 2.24) is 0 Å². The number of fused-ring (bicyclic) bond motifs is 1. The number of phenolic OH excluding ortho intramolecular Hbond substituents is 1. The maximum absolute atomic E-state index is 12.7. The topological polar surface area (TPSA) is 55.8 Å². The van der Waals surface area contributed by atoms with Crippen LogP contribution in [-0.4, -0.2) is 23.6 Å². The van der Waals surface area contributed by atoms with Gasteiger partial charge >= 0.3 is 0 Å². The first-order valence-corrected chi connectivity index (χ1v) is 8.91. The van der Waals surface area contributed by atoms with Crippen LogP contribution in [-0.2, 0) is 0 Å². The van der Waals surface area contributed by atoms with Gasteiger partial charge < -0.3 is 14.6 Å². The van der Waals surface area contributed by atoms with Gasteiger partial charge in [0.15, 0.2) is 5.78 Å². The number of ketones is 1. The molecule has 0 atom stereocenters. The van der Waals surface area contributed by atoms with Gasteiger partial charge in [0.1, 0.15) is 28.4 Å². The molecule has 1 aliphatic rings. The normalized spacial score (nSPS) is 14.8. The maximum Gasteiger partial charge on any atom is 0.193 e. The zero-order valence-electron chi connectivity index (χ0n) is 14.7. The average molecular weight is 415 g/mol. The van der Waals surface area contributed by atoms with Gasteiger partial charge in [-0.15, -0.1) is 0 Å². The third-order valence-corrected chi connectivity index (χ3v) is 4.80. The Kier molecular flexibility index (Phi) is 4.92. The number of benzene rings is 2. The molecule has 2 aromatic carbocycles. The minimum atomic E-state index is -0.491. The van der Waals surface area contributed by atoms with Gasteiger partial charge in [-0.05, 0) is 49.8 Å².